The van der Waals surface area contributed by atoms with E-state index >= 15 is 0 Å². The molecule has 0 saturated heterocycles. The Bertz CT molecular complexity index is 746. The minimum Gasteiger partial charge on any atom is -0.383 e. The minimum absolute atomic E-state index is 0.274. The summed E-state index contributed by atoms with van der Waals surface area (Å²) >= 11 is 0. The van der Waals surface area contributed by atoms with Gasteiger partial charge in [-0.25, -0.2) is 8.42 Å². The largest absolute Gasteiger partial charge is 0.383 e. The Morgan fingerprint density at radius 1 is 1.07 bits per heavy atom. The molecule has 1 saturated carbocycles. The minimum atomic E-state index is -3.82. The predicted molar refractivity (Wildman–Crippen MR) is 105 cm³/mol. The number of hydrogen-bond donors (Lipinski definition) is 0. The molecule has 0 spiro atoms. The second-order valence-electron chi connectivity index (χ2n) is 7.25. The third-order valence-electron chi connectivity index (χ3n) is 5.37. The van der Waals surface area contributed by atoms with Crippen LogP contribution in [0.4, 0.5) is 0 Å². The number of methoxy groups -OCH3 is 2. The van der Waals surface area contributed by atoms with E-state index in [2.05, 4.69) is 0 Å². The summed E-state index contributed by atoms with van der Waals surface area (Å²) in [5.41, 5.74) is 1.55. The fraction of sp³-hybridized carbons (Fsp3) is 0.650. The number of ether oxygens (including phenoxy) is 2. The van der Waals surface area contributed by atoms with E-state index in [-0.39, 0.29) is 10.8 Å². The second kappa shape index (κ2) is 9.17. The summed E-state index contributed by atoms with van der Waals surface area (Å²) in [7, 11) is -0.687. The van der Waals surface area contributed by atoms with Crippen LogP contribution in [0.2, 0.25) is 0 Å². The highest BCUT2D eigenvalue weighted by Gasteiger charge is 2.54. The highest BCUT2D eigenvalue weighted by atomic mass is 32.2. The Labute approximate surface area is 162 Å². The van der Waals surface area contributed by atoms with Crippen LogP contribution in [0.15, 0.2) is 23.1 Å². The lowest BCUT2D eigenvalue weighted by molar-refractivity contribution is -0.135. The first kappa shape index (κ1) is 21.9. The van der Waals surface area contributed by atoms with Crippen molar-refractivity contribution in [3.63, 3.8) is 0 Å². The number of aryl methyl sites for hydroxylation is 2. The number of rotatable bonds is 9. The lowest BCUT2D eigenvalue weighted by Crippen LogP contribution is -2.53. The molecule has 7 heteroatoms. The van der Waals surface area contributed by atoms with Crippen molar-refractivity contribution in [2.45, 2.75) is 49.2 Å². The zero-order chi connectivity index (χ0) is 20.1. The van der Waals surface area contributed by atoms with Crippen LogP contribution in [-0.2, 0) is 24.1 Å². The molecule has 1 fully saturated rings. The Morgan fingerprint density at radius 2 is 1.63 bits per heavy atom. The van der Waals surface area contributed by atoms with Gasteiger partial charge in [0.15, 0.2) is 14.6 Å². The Hall–Kier alpha value is -1.44. The van der Waals surface area contributed by atoms with Crippen LogP contribution in [0.3, 0.4) is 0 Å². The van der Waals surface area contributed by atoms with Gasteiger partial charge >= 0.3 is 0 Å². The molecule has 152 valence electrons. The van der Waals surface area contributed by atoms with Gasteiger partial charge in [0, 0.05) is 27.3 Å². The van der Waals surface area contributed by atoms with Crippen molar-refractivity contribution < 1.29 is 22.7 Å². The first-order valence-electron chi connectivity index (χ1n) is 9.39. The van der Waals surface area contributed by atoms with Gasteiger partial charge in [0.05, 0.1) is 18.1 Å². The van der Waals surface area contributed by atoms with E-state index in [0.717, 1.165) is 18.4 Å². The first-order chi connectivity index (χ1) is 12.8. The third-order valence-corrected chi connectivity index (χ3v) is 8.00. The third kappa shape index (κ3) is 4.36. The van der Waals surface area contributed by atoms with Gasteiger partial charge in [-0.15, -0.1) is 0 Å². The number of carbonyl (C=O) groups excluding carboxylic acids is 1. The molecular formula is C20H31NO5S. The van der Waals surface area contributed by atoms with Crippen molar-refractivity contribution in [3.05, 3.63) is 29.3 Å². The van der Waals surface area contributed by atoms with Gasteiger partial charge in [0.25, 0.3) is 0 Å². The zero-order valence-electron chi connectivity index (χ0n) is 16.8. The Kier molecular flexibility index (Phi) is 7.42. The summed E-state index contributed by atoms with van der Waals surface area (Å²) in [5, 5.41) is 0. The molecule has 0 atom stereocenters. The summed E-state index contributed by atoms with van der Waals surface area (Å²) in [6.07, 6.45) is 2.19. The van der Waals surface area contributed by atoms with Crippen LogP contribution in [0.25, 0.3) is 0 Å². The summed E-state index contributed by atoms with van der Waals surface area (Å²) < 4.78 is 36.3. The number of amides is 1. The molecule has 0 heterocycles. The molecule has 0 radical (unpaired) electrons. The van der Waals surface area contributed by atoms with E-state index in [4.69, 9.17) is 9.47 Å². The van der Waals surface area contributed by atoms with E-state index in [0.29, 0.717) is 44.7 Å². The van der Waals surface area contributed by atoms with Gasteiger partial charge in [0.2, 0.25) is 5.91 Å². The summed E-state index contributed by atoms with van der Waals surface area (Å²) in [5.74, 6) is -0.324. The van der Waals surface area contributed by atoms with Crippen LogP contribution >= 0.6 is 0 Å². The number of carbonyl (C=O) groups is 1. The lowest BCUT2D eigenvalue weighted by Gasteiger charge is -2.34. The quantitative estimate of drug-likeness (QED) is 0.640. The van der Waals surface area contributed by atoms with Crippen LogP contribution < -0.4 is 0 Å². The SMILES string of the molecule is COCCN(CCOC)C(=O)C1(S(=O)(=O)c2cc(C)ccc2C)CCCC1. The summed E-state index contributed by atoms with van der Waals surface area (Å²) in [4.78, 5) is 15.4. The smallest absolute Gasteiger partial charge is 0.244 e. The molecule has 1 amide bonds. The average molecular weight is 398 g/mol. The lowest BCUT2D eigenvalue weighted by atomic mass is 10.1. The Balaban J connectivity index is 2.48. The number of sulfone groups is 1. The molecule has 0 N–H and O–H groups in total. The van der Waals surface area contributed by atoms with E-state index in [1.165, 1.54) is 0 Å². The molecular weight excluding hydrogens is 366 g/mol. The fourth-order valence-corrected chi connectivity index (χ4v) is 6.20. The van der Waals surface area contributed by atoms with Crippen molar-refractivity contribution >= 4 is 15.7 Å². The van der Waals surface area contributed by atoms with Gasteiger partial charge in [-0.2, -0.15) is 0 Å². The van der Waals surface area contributed by atoms with Crippen LogP contribution in [0.5, 0.6) is 0 Å². The monoisotopic (exact) mass is 397 g/mol. The first-order valence-corrected chi connectivity index (χ1v) is 10.9. The van der Waals surface area contributed by atoms with E-state index < -0.39 is 14.6 Å². The number of benzene rings is 1. The molecule has 2 rings (SSSR count). The standard InChI is InChI=1S/C20H31NO5S/c1-16-7-8-17(2)18(15-16)27(23,24)20(9-5-6-10-20)19(22)21(11-13-25-3)12-14-26-4/h7-8,15H,5-6,9-14H2,1-4H3. The maximum atomic E-state index is 13.7. The zero-order valence-corrected chi connectivity index (χ0v) is 17.6. The molecule has 1 aliphatic carbocycles. The highest BCUT2D eigenvalue weighted by Crippen LogP contribution is 2.42. The van der Waals surface area contributed by atoms with Crippen molar-refractivity contribution in [1.82, 2.24) is 4.90 Å². The number of nitrogens with zero attached hydrogens (tertiary/aromatic N) is 1. The average Bonchev–Trinajstić information content (AvgIpc) is 3.15. The molecule has 0 bridgehead atoms. The molecule has 6 nitrogen and oxygen atoms in total. The maximum absolute atomic E-state index is 13.7. The van der Waals surface area contributed by atoms with Crippen LogP contribution in [0.1, 0.15) is 36.8 Å². The van der Waals surface area contributed by atoms with E-state index in [9.17, 15) is 13.2 Å². The van der Waals surface area contributed by atoms with Crippen molar-refractivity contribution in [3.8, 4) is 0 Å². The molecule has 1 aromatic carbocycles. The Morgan fingerprint density at radius 3 is 2.15 bits per heavy atom. The van der Waals surface area contributed by atoms with Gasteiger partial charge in [-0.1, -0.05) is 25.0 Å². The van der Waals surface area contributed by atoms with Crippen LogP contribution in [0, 0.1) is 13.8 Å². The molecule has 27 heavy (non-hydrogen) atoms. The highest BCUT2D eigenvalue weighted by molar-refractivity contribution is 7.93. The molecule has 1 aliphatic rings. The molecule has 0 aliphatic heterocycles. The normalized spacial score (nSPS) is 16.4. The maximum Gasteiger partial charge on any atom is 0.244 e. The van der Waals surface area contributed by atoms with Crippen LogP contribution in [-0.4, -0.2) is 64.5 Å². The van der Waals surface area contributed by atoms with E-state index in [1.807, 2.05) is 19.1 Å². The van der Waals surface area contributed by atoms with Gasteiger partial charge in [-0.3, -0.25) is 4.79 Å². The topological polar surface area (TPSA) is 72.9 Å². The molecule has 0 aromatic heterocycles. The predicted octanol–water partition coefficient (Wildman–Crippen LogP) is 2.51. The number of hydrogen-bond acceptors (Lipinski definition) is 5. The van der Waals surface area contributed by atoms with Crippen molar-refractivity contribution in [1.29, 1.82) is 0 Å². The van der Waals surface area contributed by atoms with Crippen molar-refractivity contribution in [2.75, 3.05) is 40.5 Å². The fourth-order valence-electron chi connectivity index (χ4n) is 3.76. The molecule has 1 aromatic rings. The van der Waals surface area contributed by atoms with Crippen molar-refractivity contribution in [2.24, 2.45) is 0 Å². The van der Waals surface area contributed by atoms with E-state index in [1.54, 1.807) is 32.1 Å². The summed E-state index contributed by atoms with van der Waals surface area (Å²) in [6, 6.07) is 5.39. The van der Waals surface area contributed by atoms with Gasteiger partial charge in [-0.05, 0) is 43.9 Å². The molecule has 0 unspecified atom stereocenters. The van der Waals surface area contributed by atoms with Gasteiger partial charge < -0.3 is 14.4 Å². The second-order valence-corrected chi connectivity index (χ2v) is 9.48. The summed E-state index contributed by atoms with van der Waals surface area (Å²) in [6.45, 7) is 5.06. The van der Waals surface area contributed by atoms with Gasteiger partial charge in [0.1, 0.15) is 0 Å².